The molecule has 1 fully saturated rings. The van der Waals surface area contributed by atoms with E-state index in [4.69, 9.17) is 31.3 Å². The fraction of sp³-hybridized carbons (Fsp3) is 0.500. The Hall–Kier alpha value is -3.91. The Labute approximate surface area is 251 Å². The van der Waals surface area contributed by atoms with E-state index in [1.165, 1.54) is 13.8 Å². The zero-order chi connectivity index (χ0) is 31.4. The number of aliphatic imine (C=N–C) groups is 1. The summed E-state index contributed by atoms with van der Waals surface area (Å²) < 4.78 is 45.2. The largest absolute Gasteiger partial charge is 0.490 e. The number of ether oxygens (including phenoxy) is 1. The van der Waals surface area contributed by atoms with Crippen LogP contribution < -0.4 is 21.9 Å². The van der Waals surface area contributed by atoms with E-state index in [1.54, 1.807) is 0 Å². The number of hydroxylamine groups is 2. The zero-order valence-electron chi connectivity index (χ0n) is 23.5. The van der Waals surface area contributed by atoms with E-state index in [9.17, 15) is 18.0 Å². The number of benzene rings is 1. The van der Waals surface area contributed by atoms with Gasteiger partial charge in [0, 0.05) is 37.6 Å². The van der Waals surface area contributed by atoms with Crippen molar-refractivity contribution in [1.82, 2.24) is 19.3 Å². The van der Waals surface area contributed by atoms with E-state index in [0.717, 1.165) is 29.1 Å². The molecule has 4 rings (SSSR count). The second-order valence-corrected chi connectivity index (χ2v) is 12.0. The molecule has 1 unspecified atom stereocenters. The molecule has 1 aromatic heterocycles. The van der Waals surface area contributed by atoms with Gasteiger partial charge in [-0.15, -0.1) is 4.28 Å². The molecule has 1 amide bonds. The number of carbonyl (C=O) groups is 2. The van der Waals surface area contributed by atoms with Gasteiger partial charge in [0.15, 0.2) is 29.2 Å². The number of fused-ring (bicyclic) bond motifs is 1. The second-order valence-electron chi connectivity index (χ2n) is 10.2. The SMILES string of the molecule is CC1(C)C(CC(=O)/C(=N\OCCOc2ccc3c(c2)CN(C(N)=NCCCN)C3)c2nsc(N)n2)C(=O)N1OS(=O)(=O)O. The van der Waals surface area contributed by atoms with Gasteiger partial charge in [-0.25, -0.2) is 0 Å². The van der Waals surface area contributed by atoms with Crippen molar-refractivity contribution in [3.63, 3.8) is 0 Å². The molecule has 1 aromatic carbocycles. The molecule has 7 N–H and O–H groups in total. The van der Waals surface area contributed by atoms with Gasteiger partial charge in [-0.3, -0.25) is 19.1 Å². The van der Waals surface area contributed by atoms with Gasteiger partial charge < -0.3 is 31.7 Å². The van der Waals surface area contributed by atoms with Crippen molar-refractivity contribution in [3.8, 4) is 5.75 Å². The summed E-state index contributed by atoms with van der Waals surface area (Å²) in [6.07, 6.45) is 0.380. The molecule has 2 aromatic rings. The van der Waals surface area contributed by atoms with E-state index in [0.29, 0.717) is 43.0 Å². The standard InChI is InChI=1S/C24H33N9O8S2/c1-24(2)17(21(35)33(24)41-43(36,37)38)11-18(34)19(20-29-23(27)42-31-20)30-40-9-8-39-16-5-4-14-12-32(13-15(14)10-16)22(26)28-7-3-6-25/h4-5,10,17H,3,6-9,11-13,25H2,1-2H3,(H2,26,28)(H2,27,29,31)(H,36,37,38)/b30-19+. The molecule has 17 nitrogen and oxygen atoms in total. The molecule has 2 aliphatic rings. The number of Topliss-reactive ketones (excluding diaryl/α,β-unsaturated/α-hetero) is 1. The molecule has 2 aliphatic heterocycles. The van der Waals surface area contributed by atoms with Crippen molar-refractivity contribution in [2.75, 3.05) is 32.0 Å². The summed E-state index contributed by atoms with van der Waals surface area (Å²) in [6.45, 7) is 5.38. The first-order chi connectivity index (χ1) is 20.3. The Morgan fingerprint density at radius 3 is 2.65 bits per heavy atom. The lowest BCUT2D eigenvalue weighted by Gasteiger charge is -2.50. The number of nitrogen functional groups attached to an aromatic ring is 1. The minimum atomic E-state index is -4.93. The van der Waals surface area contributed by atoms with Crippen LogP contribution in [0.15, 0.2) is 28.3 Å². The number of ketones is 1. The number of nitrogens with zero attached hydrogens (tertiary/aromatic N) is 6. The number of oxime groups is 1. The number of anilines is 1. The number of aromatic nitrogens is 2. The van der Waals surface area contributed by atoms with E-state index in [-0.39, 0.29) is 36.3 Å². The fourth-order valence-corrected chi connectivity index (χ4v) is 5.40. The molecule has 3 heterocycles. The van der Waals surface area contributed by atoms with Gasteiger partial charge in [0.2, 0.25) is 5.82 Å². The highest BCUT2D eigenvalue weighted by atomic mass is 32.3. The lowest BCUT2D eigenvalue weighted by atomic mass is 9.75. The first-order valence-electron chi connectivity index (χ1n) is 13.1. The third kappa shape index (κ3) is 7.73. The van der Waals surface area contributed by atoms with Crippen LogP contribution >= 0.6 is 11.5 Å². The highest BCUT2D eigenvalue weighted by Crippen LogP contribution is 2.40. The minimum absolute atomic E-state index is 0.0375. The fourth-order valence-electron chi connectivity index (χ4n) is 4.51. The van der Waals surface area contributed by atoms with E-state index in [2.05, 4.69) is 23.8 Å². The summed E-state index contributed by atoms with van der Waals surface area (Å²) in [5.41, 5.74) is 18.0. The van der Waals surface area contributed by atoms with Gasteiger partial charge >= 0.3 is 10.4 Å². The predicted molar refractivity (Wildman–Crippen MR) is 155 cm³/mol. The zero-order valence-corrected chi connectivity index (χ0v) is 25.1. The van der Waals surface area contributed by atoms with Crippen LogP contribution in [0.4, 0.5) is 5.13 Å². The van der Waals surface area contributed by atoms with Crippen LogP contribution in [0.1, 0.15) is 43.6 Å². The second kappa shape index (κ2) is 13.2. The maximum Gasteiger partial charge on any atom is 0.418 e. The summed E-state index contributed by atoms with van der Waals surface area (Å²) >= 11 is 0.843. The smallest absolute Gasteiger partial charge is 0.418 e. The molecule has 19 heteroatoms. The number of rotatable bonds is 14. The van der Waals surface area contributed by atoms with Crippen molar-refractivity contribution in [2.24, 2.45) is 27.5 Å². The van der Waals surface area contributed by atoms with Crippen molar-refractivity contribution >= 4 is 50.4 Å². The van der Waals surface area contributed by atoms with E-state index >= 15 is 0 Å². The first-order valence-corrected chi connectivity index (χ1v) is 15.3. The molecule has 234 valence electrons. The Kier molecular flexibility index (Phi) is 9.80. The van der Waals surface area contributed by atoms with Gasteiger partial charge in [-0.05, 0) is 50.1 Å². The molecule has 0 aliphatic carbocycles. The molecular weight excluding hydrogens is 606 g/mol. The maximum absolute atomic E-state index is 13.2. The number of amides is 1. The van der Waals surface area contributed by atoms with Crippen LogP contribution in [-0.4, -0.2) is 87.5 Å². The van der Waals surface area contributed by atoms with Gasteiger partial charge in [0.1, 0.15) is 12.4 Å². The number of carbonyl (C=O) groups excluding carboxylic acids is 2. The number of β-lactam (4-membered cyclic amide) rings is 1. The van der Waals surface area contributed by atoms with Crippen LogP contribution in [-0.2, 0) is 42.2 Å². The minimum Gasteiger partial charge on any atom is -0.490 e. The highest BCUT2D eigenvalue weighted by Gasteiger charge is 2.57. The normalized spacial score (nSPS) is 18.4. The average molecular weight is 640 g/mol. The Balaban J connectivity index is 1.33. The van der Waals surface area contributed by atoms with Crippen LogP contribution in [0, 0.1) is 5.92 Å². The van der Waals surface area contributed by atoms with Crippen LogP contribution in [0.2, 0.25) is 0 Å². The third-order valence-corrected chi connectivity index (χ3v) is 7.69. The van der Waals surface area contributed by atoms with Gasteiger partial charge in [-0.2, -0.15) is 22.8 Å². The topological polar surface area (TPSA) is 251 Å². The third-order valence-electron chi connectivity index (χ3n) is 6.81. The van der Waals surface area contributed by atoms with Crippen molar-refractivity contribution < 1.29 is 36.4 Å². The number of guanidine groups is 1. The highest BCUT2D eigenvalue weighted by molar-refractivity contribution is 7.80. The molecule has 0 bridgehead atoms. The Morgan fingerprint density at radius 2 is 2.00 bits per heavy atom. The molecule has 0 saturated carbocycles. The number of hydrogen-bond donors (Lipinski definition) is 4. The van der Waals surface area contributed by atoms with Gasteiger partial charge in [0.05, 0.1) is 11.5 Å². The van der Waals surface area contributed by atoms with Crippen molar-refractivity contribution in [3.05, 3.63) is 35.2 Å². The van der Waals surface area contributed by atoms with Gasteiger partial charge in [0.25, 0.3) is 5.91 Å². The quantitative estimate of drug-likeness (QED) is 0.0523. The maximum atomic E-state index is 13.2. The summed E-state index contributed by atoms with van der Waals surface area (Å²) in [4.78, 5) is 41.3. The molecular formula is C24H33N9O8S2. The summed E-state index contributed by atoms with van der Waals surface area (Å²) in [6, 6.07) is 5.70. The van der Waals surface area contributed by atoms with Crippen molar-refractivity contribution in [1.29, 1.82) is 0 Å². The number of hydrogen-bond acceptors (Lipinski definition) is 14. The summed E-state index contributed by atoms with van der Waals surface area (Å²) in [5, 5.41) is 4.48. The molecule has 1 atom stereocenters. The lowest BCUT2D eigenvalue weighted by molar-refractivity contribution is -0.228. The van der Waals surface area contributed by atoms with Crippen LogP contribution in [0.25, 0.3) is 0 Å². The Morgan fingerprint density at radius 1 is 1.26 bits per heavy atom. The van der Waals surface area contributed by atoms with Gasteiger partial charge in [-0.1, -0.05) is 11.2 Å². The summed E-state index contributed by atoms with van der Waals surface area (Å²) in [7, 11) is -4.93. The molecule has 1 saturated heterocycles. The molecule has 0 spiro atoms. The monoisotopic (exact) mass is 639 g/mol. The first kappa shape index (κ1) is 32.0. The Bertz CT molecular complexity index is 1530. The molecule has 43 heavy (non-hydrogen) atoms. The van der Waals surface area contributed by atoms with E-state index < -0.39 is 33.5 Å². The predicted octanol–water partition coefficient (Wildman–Crippen LogP) is -0.170. The van der Waals surface area contributed by atoms with Crippen LogP contribution in [0.5, 0.6) is 5.75 Å². The number of nitrogens with two attached hydrogens (primary N) is 3. The lowest BCUT2D eigenvalue weighted by Crippen LogP contribution is -2.68. The van der Waals surface area contributed by atoms with Crippen LogP contribution in [0.3, 0.4) is 0 Å². The van der Waals surface area contributed by atoms with E-state index in [1.807, 2.05) is 23.1 Å². The summed E-state index contributed by atoms with van der Waals surface area (Å²) in [5.74, 6) is -1.44. The van der Waals surface area contributed by atoms with Crippen molar-refractivity contribution in [2.45, 2.75) is 45.3 Å². The average Bonchev–Trinajstić information content (AvgIpc) is 3.57. The molecule has 0 radical (unpaired) electrons.